The summed E-state index contributed by atoms with van der Waals surface area (Å²) in [5, 5.41) is 11.5. The van der Waals surface area contributed by atoms with Gasteiger partial charge in [-0.15, -0.1) is 5.10 Å². The molecule has 0 fully saturated rings. The summed E-state index contributed by atoms with van der Waals surface area (Å²) >= 11 is 0. The number of nitrogens with one attached hydrogen (secondary N) is 1. The third-order valence-corrected chi connectivity index (χ3v) is 4.14. The molecule has 2 aromatic heterocycles. The monoisotopic (exact) mass is 318 g/mol. The van der Waals surface area contributed by atoms with Gasteiger partial charge in [0.25, 0.3) is 0 Å². The lowest BCUT2D eigenvalue weighted by Gasteiger charge is -2.28. The zero-order valence-corrected chi connectivity index (χ0v) is 13.3. The minimum absolute atomic E-state index is 0.613. The van der Waals surface area contributed by atoms with Gasteiger partial charge in [0, 0.05) is 19.3 Å². The Labute approximate surface area is 140 Å². The van der Waals surface area contributed by atoms with E-state index in [0.717, 1.165) is 25.2 Å². The predicted octanol–water partition coefficient (Wildman–Crippen LogP) is 2.44. The number of hydrogen-bond donors (Lipinski definition) is 1. The molecular formula is C18H18N6. The lowest BCUT2D eigenvalue weighted by atomic mass is 10.0. The molecule has 0 amide bonds. The molecule has 4 rings (SSSR count). The number of pyridine rings is 1. The summed E-state index contributed by atoms with van der Waals surface area (Å²) in [5.74, 6) is 1.38. The van der Waals surface area contributed by atoms with Crippen LogP contribution in [-0.2, 0) is 19.5 Å². The van der Waals surface area contributed by atoms with Crippen LogP contribution in [0.1, 0.15) is 16.8 Å². The molecule has 0 spiro atoms. The number of benzene rings is 1. The minimum Gasteiger partial charge on any atom is -0.363 e. The van der Waals surface area contributed by atoms with Crippen LogP contribution in [0, 0.1) is 0 Å². The predicted molar refractivity (Wildman–Crippen MR) is 92.6 cm³/mol. The van der Waals surface area contributed by atoms with Crippen molar-refractivity contribution in [3.8, 4) is 0 Å². The Kier molecular flexibility index (Phi) is 4.02. The number of hydrogen-bond acceptors (Lipinski definition) is 6. The summed E-state index contributed by atoms with van der Waals surface area (Å²) in [6.07, 6.45) is 4.43. The van der Waals surface area contributed by atoms with Gasteiger partial charge in [0.1, 0.15) is 0 Å². The summed E-state index contributed by atoms with van der Waals surface area (Å²) < 4.78 is 0. The summed E-state index contributed by atoms with van der Waals surface area (Å²) in [6, 6.07) is 14.4. The first kappa shape index (κ1) is 14.6. The van der Waals surface area contributed by atoms with E-state index in [1.165, 1.54) is 11.1 Å². The Bertz CT molecular complexity index is 821. The molecule has 3 aromatic rings. The van der Waals surface area contributed by atoms with Crippen LogP contribution in [0.15, 0.2) is 54.9 Å². The first-order valence-corrected chi connectivity index (χ1v) is 8.04. The molecule has 6 heteroatoms. The maximum absolute atomic E-state index is 4.60. The second kappa shape index (κ2) is 6.62. The number of aromatic nitrogens is 4. The fourth-order valence-electron chi connectivity index (χ4n) is 2.86. The first-order valence-electron chi connectivity index (χ1n) is 8.04. The van der Waals surface area contributed by atoms with E-state index in [0.29, 0.717) is 18.3 Å². The zero-order valence-electron chi connectivity index (χ0n) is 13.3. The van der Waals surface area contributed by atoms with E-state index in [1.807, 2.05) is 18.2 Å². The lowest BCUT2D eigenvalue weighted by molar-refractivity contribution is 0.697. The van der Waals surface area contributed by atoms with Crippen molar-refractivity contribution in [1.82, 2.24) is 20.2 Å². The van der Waals surface area contributed by atoms with Crippen LogP contribution >= 0.6 is 0 Å². The van der Waals surface area contributed by atoms with Crippen LogP contribution in [0.5, 0.6) is 0 Å². The van der Waals surface area contributed by atoms with Gasteiger partial charge < -0.3 is 10.2 Å². The highest BCUT2D eigenvalue weighted by atomic mass is 15.3. The van der Waals surface area contributed by atoms with E-state index in [1.54, 1.807) is 12.4 Å². The summed E-state index contributed by atoms with van der Waals surface area (Å²) in [5.41, 5.74) is 3.70. The van der Waals surface area contributed by atoms with Gasteiger partial charge in [0.2, 0.25) is 5.95 Å². The molecule has 1 aromatic carbocycles. The second-order valence-corrected chi connectivity index (χ2v) is 5.76. The topological polar surface area (TPSA) is 66.8 Å². The molecule has 0 saturated heterocycles. The molecule has 1 aliphatic heterocycles. The van der Waals surface area contributed by atoms with Gasteiger partial charge in [-0.2, -0.15) is 10.1 Å². The van der Waals surface area contributed by atoms with Crippen LogP contribution in [0.2, 0.25) is 0 Å². The van der Waals surface area contributed by atoms with E-state index >= 15 is 0 Å². The number of anilines is 2. The van der Waals surface area contributed by atoms with Crippen molar-refractivity contribution in [3.05, 3.63) is 71.7 Å². The average molecular weight is 318 g/mol. The molecular weight excluding hydrogens is 300 g/mol. The van der Waals surface area contributed by atoms with Crippen molar-refractivity contribution in [2.24, 2.45) is 0 Å². The summed E-state index contributed by atoms with van der Waals surface area (Å²) in [4.78, 5) is 11.1. The van der Waals surface area contributed by atoms with Crippen LogP contribution in [0.4, 0.5) is 11.8 Å². The maximum Gasteiger partial charge on any atom is 0.247 e. The third-order valence-electron chi connectivity index (χ3n) is 4.14. The molecule has 0 bridgehead atoms. The van der Waals surface area contributed by atoms with Crippen molar-refractivity contribution in [2.75, 3.05) is 16.8 Å². The van der Waals surface area contributed by atoms with Gasteiger partial charge in [0.15, 0.2) is 5.82 Å². The molecule has 3 heterocycles. The van der Waals surface area contributed by atoms with Gasteiger partial charge in [-0.3, -0.25) is 4.98 Å². The second-order valence-electron chi connectivity index (χ2n) is 5.76. The van der Waals surface area contributed by atoms with Crippen molar-refractivity contribution < 1.29 is 0 Å². The Balaban J connectivity index is 1.47. The molecule has 1 aliphatic rings. The third kappa shape index (κ3) is 3.17. The van der Waals surface area contributed by atoms with Crippen molar-refractivity contribution in [3.63, 3.8) is 0 Å². The largest absolute Gasteiger partial charge is 0.363 e. The van der Waals surface area contributed by atoms with Gasteiger partial charge in [0.05, 0.1) is 18.4 Å². The molecule has 0 atom stereocenters. The van der Waals surface area contributed by atoms with Gasteiger partial charge in [-0.05, 0) is 29.7 Å². The Morgan fingerprint density at radius 3 is 2.79 bits per heavy atom. The van der Waals surface area contributed by atoms with E-state index in [4.69, 9.17) is 0 Å². The molecule has 0 radical (unpaired) electrons. The molecule has 1 N–H and O–H groups in total. The Morgan fingerprint density at radius 1 is 1.04 bits per heavy atom. The van der Waals surface area contributed by atoms with Gasteiger partial charge in [-0.25, -0.2) is 0 Å². The lowest BCUT2D eigenvalue weighted by Crippen LogP contribution is -2.32. The Morgan fingerprint density at radius 2 is 1.92 bits per heavy atom. The molecule has 0 aliphatic carbocycles. The minimum atomic E-state index is 0.613. The summed E-state index contributed by atoms with van der Waals surface area (Å²) in [6.45, 7) is 2.34. The highest BCUT2D eigenvalue weighted by molar-refractivity contribution is 5.43. The SMILES string of the molecule is c1ccc(CNc2cnnc(N3CCc4ccccc4C3)n2)nc1. The van der Waals surface area contributed by atoms with Crippen molar-refractivity contribution >= 4 is 11.8 Å². The van der Waals surface area contributed by atoms with Crippen LogP contribution < -0.4 is 10.2 Å². The molecule has 0 unspecified atom stereocenters. The highest BCUT2D eigenvalue weighted by Crippen LogP contribution is 2.22. The normalized spacial score (nSPS) is 13.4. The van der Waals surface area contributed by atoms with Gasteiger partial charge >= 0.3 is 0 Å². The number of rotatable bonds is 4. The van der Waals surface area contributed by atoms with Crippen LogP contribution in [-0.4, -0.2) is 26.7 Å². The van der Waals surface area contributed by atoms with E-state index in [9.17, 15) is 0 Å². The number of fused-ring (bicyclic) bond motifs is 1. The fraction of sp³-hybridized carbons (Fsp3) is 0.222. The Hall–Kier alpha value is -3.02. The van der Waals surface area contributed by atoms with E-state index < -0.39 is 0 Å². The highest BCUT2D eigenvalue weighted by Gasteiger charge is 2.18. The molecule has 0 saturated carbocycles. The molecule has 120 valence electrons. The smallest absolute Gasteiger partial charge is 0.247 e. The van der Waals surface area contributed by atoms with Crippen molar-refractivity contribution in [2.45, 2.75) is 19.5 Å². The average Bonchev–Trinajstić information content (AvgIpc) is 2.67. The van der Waals surface area contributed by atoms with Gasteiger partial charge in [-0.1, -0.05) is 30.3 Å². The van der Waals surface area contributed by atoms with E-state index in [2.05, 4.69) is 54.6 Å². The quantitative estimate of drug-likeness (QED) is 0.797. The van der Waals surface area contributed by atoms with Crippen molar-refractivity contribution in [1.29, 1.82) is 0 Å². The van der Waals surface area contributed by atoms with Crippen LogP contribution in [0.25, 0.3) is 0 Å². The van der Waals surface area contributed by atoms with E-state index in [-0.39, 0.29) is 0 Å². The maximum atomic E-state index is 4.60. The number of nitrogens with zero attached hydrogens (tertiary/aromatic N) is 5. The zero-order chi connectivity index (χ0) is 16.2. The van der Waals surface area contributed by atoms with Crippen LogP contribution in [0.3, 0.4) is 0 Å². The summed E-state index contributed by atoms with van der Waals surface area (Å²) in [7, 11) is 0. The molecule has 6 nitrogen and oxygen atoms in total. The first-order chi connectivity index (χ1) is 11.9. The fourth-order valence-corrected chi connectivity index (χ4v) is 2.86. The standard InChI is InChI=1S/C18H18N6/c1-2-6-15-13-24(10-8-14(15)5-1)18-22-17(12-21-23-18)20-11-16-7-3-4-9-19-16/h1-7,9,12H,8,10-11,13H2,(H,20,22,23). The molecule has 24 heavy (non-hydrogen) atoms.